The van der Waals surface area contributed by atoms with Gasteiger partial charge < -0.3 is 10.7 Å². The minimum Gasteiger partial charge on any atom is -0.342 e. The van der Waals surface area contributed by atoms with Crippen LogP contribution in [0.3, 0.4) is 0 Å². The van der Waals surface area contributed by atoms with Crippen molar-refractivity contribution in [3.63, 3.8) is 0 Å². The zero-order valence-electron chi connectivity index (χ0n) is 9.63. The molecular formula is C12H15F2N3. The van der Waals surface area contributed by atoms with Crippen molar-refractivity contribution in [3.05, 3.63) is 29.6 Å². The maximum absolute atomic E-state index is 13.0. The van der Waals surface area contributed by atoms with E-state index in [4.69, 9.17) is 5.73 Å². The average molecular weight is 239 g/mol. The van der Waals surface area contributed by atoms with Crippen molar-refractivity contribution < 1.29 is 8.78 Å². The van der Waals surface area contributed by atoms with Gasteiger partial charge in [0, 0.05) is 18.1 Å². The second-order valence-electron chi connectivity index (χ2n) is 4.24. The predicted molar refractivity (Wildman–Crippen MR) is 62.7 cm³/mol. The summed E-state index contributed by atoms with van der Waals surface area (Å²) in [5.41, 5.74) is 6.42. The Balaban J connectivity index is 2.31. The zero-order valence-corrected chi connectivity index (χ0v) is 9.63. The third kappa shape index (κ3) is 2.44. The van der Waals surface area contributed by atoms with Crippen molar-refractivity contribution >= 4 is 11.0 Å². The molecule has 1 heterocycles. The van der Waals surface area contributed by atoms with Gasteiger partial charge in [0.05, 0.1) is 11.0 Å². The summed E-state index contributed by atoms with van der Waals surface area (Å²) in [6.45, 7) is 2.65. The number of nitrogens with zero attached hydrogens (tertiary/aromatic N) is 1. The Labute approximate surface area is 98.0 Å². The van der Waals surface area contributed by atoms with Gasteiger partial charge >= 0.3 is 0 Å². The molecule has 0 aliphatic carbocycles. The lowest BCUT2D eigenvalue weighted by molar-refractivity contribution is 0.510. The summed E-state index contributed by atoms with van der Waals surface area (Å²) in [5.74, 6) is -0.775. The monoisotopic (exact) mass is 239 g/mol. The molecule has 1 atom stereocenters. The number of fused-ring (bicyclic) bond motifs is 1. The number of nitrogens with one attached hydrogen (secondary N) is 1. The molecule has 0 saturated carbocycles. The van der Waals surface area contributed by atoms with E-state index in [1.165, 1.54) is 0 Å². The molecule has 1 unspecified atom stereocenters. The number of hydrogen-bond acceptors (Lipinski definition) is 2. The van der Waals surface area contributed by atoms with E-state index < -0.39 is 11.6 Å². The highest BCUT2D eigenvalue weighted by atomic mass is 19.2. The zero-order chi connectivity index (χ0) is 12.4. The summed E-state index contributed by atoms with van der Waals surface area (Å²) >= 11 is 0. The Morgan fingerprint density at radius 3 is 2.76 bits per heavy atom. The van der Waals surface area contributed by atoms with Gasteiger partial charge in [0.15, 0.2) is 11.6 Å². The number of rotatable bonds is 4. The third-order valence-electron chi connectivity index (χ3n) is 2.85. The van der Waals surface area contributed by atoms with Crippen LogP contribution in [0.4, 0.5) is 8.78 Å². The van der Waals surface area contributed by atoms with Crippen molar-refractivity contribution in [2.75, 3.05) is 6.54 Å². The maximum atomic E-state index is 13.0. The van der Waals surface area contributed by atoms with Crippen molar-refractivity contribution in [3.8, 4) is 0 Å². The summed E-state index contributed by atoms with van der Waals surface area (Å²) in [5, 5.41) is 0. The van der Waals surface area contributed by atoms with Crippen molar-refractivity contribution in [2.45, 2.75) is 25.7 Å². The molecule has 1 aromatic carbocycles. The van der Waals surface area contributed by atoms with E-state index in [1.54, 1.807) is 0 Å². The van der Waals surface area contributed by atoms with E-state index in [-0.39, 0.29) is 5.92 Å². The Kier molecular flexibility index (Phi) is 3.38. The first-order valence-electron chi connectivity index (χ1n) is 5.66. The summed E-state index contributed by atoms with van der Waals surface area (Å²) in [6, 6.07) is 2.25. The molecule has 0 fully saturated rings. The van der Waals surface area contributed by atoms with Crippen LogP contribution in [-0.4, -0.2) is 16.5 Å². The van der Waals surface area contributed by atoms with Crippen LogP contribution in [-0.2, 0) is 0 Å². The number of benzene rings is 1. The van der Waals surface area contributed by atoms with Gasteiger partial charge in [-0.25, -0.2) is 13.8 Å². The van der Waals surface area contributed by atoms with Crippen molar-refractivity contribution in [1.29, 1.82) is 0 Å². The second kappa shape index (κ2) is 4.79. The lowest BCUT2D eigenvalue weighted by Gasteiger charge is -2.06. The highest BCUT2D eigenvalue weighted by Crippen LogP contribution is 2.22. The Hall–Kier alpha value is -1.49. The highest BCUT2D eigenvalue weighted by Gasteiger charge is 2.12. The molecule has 0 aliphatic rings. The minimum absolute atomic E-state index is 0.206. The standard InChI is InChI=1S/C12H15F2N3/c1-7(3-2-4-15)12-16-10-5-8(13)9(14)6-11(10)17-12/h5-7H,2-4,15H2,1H3,(H,16,17). The Morgan fingerprint density at radius 2 is 2.06 bits per heavy atom. The lowest BCUT2D eigenvalue weighted by atomic mass is 10.1. The minimum atomic E-state index is -0.870. The fourth-order valence-corrected chi connectivity index (χ4v) is 1.82. The molecule has 0 spiro atoms. The van der Waals surface area contributed by atoms with Gasteiger partial charge in [0.25, 0.3) is 0 Å². The smallest absolute Gasteiger partial charge is 0.161 e. The van der Waals surface area contributed by atoms with Crippen LogP contribution in [0.25, 0.3) is 11.0 Å². The maximum Gasteiger partial charge on any atom is 0.161 e. The van der Waals surface area contributed by atoms with Gasteiger partial charge in [-0.3, -0.25) is 0 Å². The Morgan fingerprint density at radius 1 is 1.35 bits per heavy atom. The molecule has 0 bridgehead atoms. The molecule has 3 N–H and O–H groups in total. The largest absolute Gasteiger partial charge is 0.342 e. The van der Waals surface area contributed by atoms with E-state index in [0.717, 1.165) is 30.8 Å². The van der Waals surface area contributed by atoms with Crippen LogP contribution < -0.4 is 5.73 Å². The number of H-pyrrole nitrogens is 1. The fourth-order valence-electron chi connectivity index (χ4n) is 1.82. The highest BCUT2D eigenvalue weighted by molar-refractivity contribution is 5.75. The quantitative estimate of drug-likeness (QED) is 0.861. The first-order chi connectivity index (χ1) is 8.11. The molecular weight excluding hydrogens is 224 g/mol. The van der Waals surface area contributed by atoms with Gasteiger partial charge in [-0.2, -0.15) is 0 Å². The van der Waals surface area contributed by atoms with Gasteiger partial charge in [-0.05, 0) is 19.4 Å². The average Bonchev–Trinajstić information content (AvgIpc) is 2.69. The molecule has 2 aromatic rings. The van der Waals surface area contributed by atoms with Gasteiger partial charge in [-0.15, -0.1) is 0 Å². The molecule has 0 amide bonds. The number of aromatic amines is 1. The Bertz CT molecular complexity index is 483. The van der Waals surface area contributed by atoms with E-state index in [0.29, 0.717) is 17.6 Å². The first-order valence-corrected chi connectivity index (χ1v) is 5.66. The topological polar surface area (TPSA) is 54.7 Å². The molecule has 0 aliphatic heterocycles. The molecule has 0 radical (unpaired) electrons. The molecule has 1 aromatic heterocycles. The van der Waals surface area contributed by atoms with Gasteiger partial charge in [-0.1, -0.05) is 6.92 Å². The van der Waals surface area contributed by atoms with Crippen LogP contribution in [0, 0.1) is 11.6 Å². The fraction of sp³-hybridized carbons (Fsp3) is 0.417. The van der Waals surface area contributed by atoms with E-state index >= 15 is 0 Å². The van der Waals surface area contributed by atoms with Gasteiger partial charge in [0.2, 0.25) is 0 Å². The summed E-state index contributed by atoms with van der Waals surface area (Å²) < 4.78 is 26.0. The lowest BCUT2D eigenvalue weighted by Crippen LogP contribution is -2.02. The first kappa shape index (κ1) is 12.0. The molecule has 5 heteroatoms. The van der Waals surface area contributed by atoms with Gasteiger partial charge in [0.1, 0.15) is 5.82 Å². The summed E-state index contributed by atoms with van der Waals surface area (Å²) in [6.07, 6.45) is 1.81. The van der Waals surface area contributed by atoms with Crippen molar-refractivity contribution in [1.82, 2.24) is 9.97 Å². The SMILES string of the molecule is CC(CCCN)c1nc2cc(F)c(F)cc2[nH]1. The molecule has 17 heavy (non-hydrogen) atoms. The van der Waals surface area contributed by atoms with Crippen LogP contribution in [0.2, 0.25) is 0 Å². The van der Waals surface area contributed by atoms with Crippen molar-refractivity contribution in [2.24, 2.45) is 5.73 Å². The van der Waals surface area contributed by atoms with E-state index in [2.05, 4.69) is 9.97 Å². The normalized spacial score (nSPS) is 13.2. The number of aromatic nitrogens is 2. The summed E-state index contributed by atoms with van der Waals surface area (Å²) in [4.78, 5) is 7.28. The number of hydrogen-bond donors (Lipinski definition) is 2. The number of halogens is 2. The molecule has 2 rings (SSSR count). The van der Waals surface area contributed by atoms with Crippen LogP contribution >= 0.6 is 0 Å². The number of imidazole rings is 1. The van der Waals surface area contributed by atoms with E-state index in [1.807, 2.05) is 6.92 Å². The van der Waals surface area contributed by atoms with E-state index in [9.17, 15) is 8.78 Å². The van der Waals surface area contributed by atoms with Crippen LogP contribution in [0.15, 0.2) is 12.1 Å². The van der Waals surface area contributed by atoms with Crippen LogP contribution in [0.5, 0.6) is 0 Å². The third-order valence-corrected chi connectivity index (χ3v) is 2.85. The molecule has 3 nitrogen and oxygen atoms in total. The number of nitrogens with two attached hydrogens (primary N) is 1. The predicted octanol–water partition coefficient (Wildman–Crippen LogP) is 2.68. The second-order valence-corrected chi connectivity index (χ2v) is 4.24. The van der Waals surface area contributed by atoms with Crippen LogP contribution in [0.1, 0.15) is 31.5 Å². The summed E-state index contributed by atoms with van der Waals surface area (Å²) in [7, 11) is 0. The molecule has 0 saturated heterocycles. The molecule has 92 valence electrons.